The summed E-state index contributed by atoms with van der Waals surface area (Å²) >= 11 is 0. The predicted molar refractivity (Wildman–Crippen MR) is 88.4 cm³/mol. The minimum absolute atomic E-state index is 0.0475. The second kappa shape index (κ2) is 8.50. The SMILES string of the molecule is CCCOc1ccc(/C=C/C(=O)N(C(C)C)C(C)C)cc1. The van der Waals surface area contributed by atoms with E-state index in [1.807, 2.05) is 62.9 Å². The van der Waals surface area contributed by atoms with E-state index >= 15 is 0 Å². The summed E-state index contributed by atoms with van der Waals surface area (Å²) in [5.41, 5.74) is 1.000. The molecule has 3 heteroatoms. The number of rotatable bonds is 7. The van der Waals surface area contributed by atoms with Crippen molar-refractivity contribution >= 4 is 12.0 Å². The molecule has 0 spiro atoms. The van der Waals surface area contributed by atoms with E-state index in [0.717, 1.165) is 24.3 Å². The Morgan fingerprint density at radius 1 is 1.14 bits per heavy atom. The van der Waals surface area contributed by atoms with E-state index in [1.54, 1.807) is 6.08 Å². The number of ether oxygens (including phenoxy) is 1. The number of amides is 1. The maximum atomic E-state index is 12.2. The fourth-order valence-corrected chi connectivity index (χ4v) is 2.25. The van der Waals surface area contributed by atoms with Crippen molar-refractivity contribution in [3.05, 3.63) is 35.9 Å². The number of carbonyl (C=O) groups excluding carboxylic acids is 1. The van der Waals surface area contributed by atoms with Gasteiger partial charge in [-0.15, -0.1) is 0 Å². The zero-order valence-corrected chi connectivity index (χ0v) is 13.8. The van der Waals surface area contributed by atoms with Gasteiger partial charge in [0, 0.05) is 18.2 Å². The number of hydrogen-bond donors (Lipinski definition) is 0. The number of nitrogens with zero attached hydrogens (tertiary/aromatic N) is 1. The highest BCUT2D eigenvalue weighted by molar-refractivity contribution is 5.92. The molecule has 21 heavy (non-hydrogen) atoms. The van der Waals surface area contributed by atoms with Gasteiger partial charge in [-0.25, -0.2) is 0 Å². The molecule has 0 aliphatic rings. The van der Waals surface area contributed by atoms with Gasteiger partial charge in [0.25, 0.3) is 0 Å². The molecule has 0 aromatic heterocycles. The average Bonchev–Trinajstić information content (AvgIpc) is 2.43. The van der Waals surface area contributed by atoms with Crippen LogP contribution < -0.4 is 4.74 Å². The van der Waals surface area contributed by atoms with Crippen molar-refractivity contribution in [2.75, 3.05) is 6.61 Å². The van der Waals surface area contributed by atoms with E-state index in [0.29, 0.717) is 0 Å². The molecule has 1 aromatic carbocycles. The Morgan fingerprint density at radius 3 is 2.19 bits per heavy atom. The van der Waals surface area contributed by atoms with E-state index in [2.05, 4.69) is 6.92 Å². The lowest BCUT2D eigenvalue weighted by atomic mass is 10.2. The highest BCUT2D eigenvalue weighted by Gasteiger charge is 2.17. The molecule has 0 N–H and O–H groups in total. The Balaban J connectivity index is 2.69. The lowest BCUT2D eigenvalue weighted by molar-refractivity contribution is -0.129. The van der Waals surface area contributed by atoms with Gasteiger partial charge in [-0.1, -0.05) is 19.1 Å². The van der Waals surface area contributed by atoms with Crippen LogP contribution in [-0.2, 0) is 4.79 Å². The van der Waals surface area contributed by atoms with Crippen LogP contribution in [-0.4, -0.2) is 29.5 Å². The molecule has 0 unspecified atom stereocenters. The van der Waals surface area contributed by atoms with E-state index in [9.17, 15) is 4.79 Å². The molecular weight excluding hydrogens is 262 g/mol. The van der Waals surface area contributed by atoms with Crippen molar-refractivity contribution in [2.24, 2.45) is 0 Å². The molecule has 1 amide bonds. The molecule has 1 rings (SSSR count). The Hall–Kier alpha value is -1.77. The highest BCUT2D eigenvalue weighted by atomic mass is 16.5. The molecule has 0 saturated carbocycles. The van der Waals surface area contributed by atoms with Crippen molar-refractivity contribution in [3.63, 3.8) is 0 Å². The minimum atomic E-state index is 0.0475. The van der Waals surface area contributed by atoms with Gasteiger partial charge in [0.1, 0.15) is 5.75 Å². The molecule has 0 heterocycles. The van der Waals surface area contributed by atoms with Crippen molar-refractivity contribution in [2.45, 2.75) is 53.1 Å². The molecule has 116 valence electrons. The van der Waals surface area contributed by atoms with Crippen LogP contribution in [0.2, 0.25) is 0 Å². The first kappa shape index (κ1) is 17.3. The van der Waals surface area contributed by atoms with Crippen molar-refractivity contribution in [1.29, 1.82) is 0 Å². The summed E-state index contributed by atoms with van der Waals surface area (Å²) < 4.78 is 5.54. The second-order valence-electron chi connectivity index (χ2n) is 5.68. The zero-order chi connectivity index (χ0) is 15.8. The quantitative estimate of drug-likeness (QED) is 0.706. The summed E-state index contributed by atoms with van der Waals surface area (Å²) in [6.07, 6.45) is 4.49. The molecule has 0 radical (unpaired) electrons. The number of benzene rings is 1. The van der Waals surface area contributed by atoms with Gasteiger partial charge in [0.05, 0.1) is 6.61 Å². The summed E-state index contributed by atoms with van der Waals surface area (Å²) in [7, 11) is 0. The first-order valence-electron chi connectivity index (χ1n) is 7.69. The lowest BCUT2D eigenvalue weighted by Gasteiger charge is -2.29. The van der Waals surface area contributed by atoms with Gasteiger partial charge in [-0.05, 0) is 57.9 Å². The van der Waals surface area contributed by atoms with Gasteiger partial charge in [-0.3, -0.25) is 4.79 Å². The van der Waals surface area contributed by atoms with Gasteiger partial charge < -0.3 is 9.64 Å². The van der Waals surface area contributed by atoms with Crippen LogP contribution in [0.5, 0.6) is 5.75 Å². The van der Waals surface area contributed by atoms with Crippen molar-refractivity contribution in [3.8, 4) is 5.75 Å². The average molecular weight is 289 g/mol. The van der Waals surface area contributed by atoms with Crippen LogP contribution in [0, 0.1) is 0 Å². The van der Waals surface area contributed by atoms with E-state index in [1.165, 1.54) is 0 Å². The molecule has 0 fully saturated rings. The largest absolute Gasteiger partial charge is 0.494 e. The maximum absolute atomic E-state index is 12.2. The summed E-state index contributed by atoms with van der Waals surface area (Å²) in [5.74, 6) is 0.914. The Labute approximate surface area is 128 Å². The number of carbonyl (C=O) groups is 1. The van der Waals surface area contributed by atoms with Gasteiger partial charge in [0.2, 0.25) is 5.91 Å². The Kier molecular flexibility index (Phi) is 7.00. The van der Waals surface area contributed by atoms with Gasteiger partial charge in [-0.2, -0.15) is 0 Å². The van der Waals surface area contributed by atoms with Crippen molar-refractivity contribution < 1.29 is 9.53 Å². The lowest BCUT2D eigenvalue weighted by Crippen LogP contribution is -2.41. The number of hydrogen-bond acceptors (Lipinski definition) is 2. The summed E-state index contributed by atoms with van der Waals surface area (Å²) in [4.78, 5) is 14.1. The summed E-state index contributed by atoms with van der Waals surface area (Å²) in [5, 5.41) is 0. The molecule has 1 aromatic rings. The van der Waals surface area contributed by atoms with Crippen LogP contribution in [0.3, 0.4) is 0 Å². The zero-order valence-electron chi connectivity index (χ0n) is 13.8. The molecule has 0 bridgehead atoms. The van der Waals surface area contributed by atoms with Crippen LogP contribution in [0.15, 0.2) is 30.3 Å². The van der Waals surface area contributed by atoms with Crippen molar-refractivity contribution in [1.82, 2.24) is 4.90 Å². The molecule has 0 saturated heterocycles. The standard InChI is InChI=1S/C18H27NO2/c1-6-13-21-17-10-7-16(8-11-17)9-12-18(20)19(14(2)3)15(4)5/h7-12,14-15H,6,13H2,1-5H3/b12-9+. The smallest absolute Gasteiger partial charge is 0.247 e. The molecule has 0 aliphatic heterocycles. The van der Waals surface area contributed by atoms with Crippen LogP contribution in [0.1, 0.15) is 46.6 Å². The summed E-state index contributed by atoms with van der Waals surface area (Å²) in [6, 6.07) is 8.19. The fraction of sp³-hybridized carbons (Fsp3) is 0.500. The molecular formula is C18H27NO2. The van der Waals surface area contributed by atoms with Gasteiger partial charge >= 0.3 is 0 Å². The highest BCUT2D eigenvalue weighted by Crippen LogP contribution is 2.14. The van der Waals surface area contributed by atoms with Gasteiger partial charge in [0.15, 0.2) is 0 Å². The van der Waals surface area contributed by atoms with Crippen LogP contribution >= 0.6 is 0 Å². The summed E-state index contributed by atoms with van der Waals surface area (Å²) in [6.45, 7) is 10.9. The van der Waals surface area contributed by atoms with Crippen LogP contribution in [0.25, 0.3) is 6.08 Å². The predicted octanol–water partition coefficient (Wildman–Crippen LogP) is 4.13. The molecule has 0 aliphatic carbocycles. The first-order chi connectivity index (χ1) is 9.95. The maximum Gasteiger partial charge on any atom is 0.247 e. The molecule has 3 nitrogen and oxygen atoms in total. The van der Waals surface area contributed by atoms with Crippen LogP contribution in [0.4, 0.5) is 0 Å². The van der Waals surface area contributed by atoms with E-state index < -0.39 is 0 Å². The minimum Gasteiger partial charge on any atom is -0.494 e. The van der Waals surface area contributed by atoms with E-state index in [4.69, 9.17) is 4.74 Å². The third-order valence-electron chi connectivity index (χ3n) is 3.14. The topological polar surface area (TPSA) is 29.5 Å². The second-order valence-corrected chi connectivity index (χ2v) is 5.68. The third-order valence-corrected chi connectivity index (χ3v) is 3.14. The monoisotopic (exact) mass is 289 g/mol. The first-order valence-corrected chi connectivity index (χ1v) is 7.69. The Bertz CT molecular complexity index is 453. The normalized spacial score (nSPS) is 11.4. The Morgan fingerprint density at radius 2 is 1.71 bits per heavy atom. The van der Waals surface area contributed by atoms with E-state index in [-0.39, 0.29) is 18.0 Å². The fourth-order valence-electron chi connectivity index (χ4n) is 2.25. The third kappa shape index (κ3) is 5.62. The molecule has 0 atom stereocenters.